The molecular formula is C34H44N4O6S. The van der Waals surface area contributed by atoms with Crippen LogP contribution in [0.4, 0.5) is 5.69 Å². The molecule has 4 fully saturated rings. The van der Waals surface area contributed by atoms with Crippen LogP contribution in [0.25, 0.3) is 0 Å². The minimum absolute atomic E-state index is 0.0823. The highest BCUT2D eigenvalue weighted by molar-refractivity contribution is 7.89. The SMILES string of the molecule is COc1ccccc1CCNC(=O)CN1CN(c2ccccc2)C2(CCN(S(=O)(=O)CC34CCC(CC3=O)C4(C)C)CC2)C1=O. The van der Waals surface area contributed by atoms with Gasteiger partial charge in [-0.15, -0.1) is 0 Å². The van der Waals surface area contributed by atoms with Crippen LogP contribution in [-0.2, 0) is 30.8 Å². The number of ketones is 1. The van der Waals surface area contributed by atoms with Crippen LogP contribution >= 0.6 is 0 Å². The first kappa shape index (κ1) is 31.5. The van der Waals surface area contributed by atoms with E-state index in [0.717, 1.165) is 23.4 Å². The zero-order valence-corrected chi connectivity index (χ0v) is 27.3. The van der Waals surface area contributed by atoms with Gasteiger partial charge in [-0.05, 0) is 67.2 Å². The molecule has 2 atom stereocenters. The number of nitrogens with one attached hydrogen (secondary N) is 1. The summed E-state index contributed by atoms with van der Waals surface area (Å²) >= 11 is 0. The lowest BCUT2D eigenvalue weighted by Gasteiger charge is -2.44. The Morgan fingerprint density at radius 1 is 1.00 bits per heavy atom. The number of anilines is 1. The van der Waals surface area contributed by atoms with Gasteiger partial charge in [0, 0.05) is 37.2 Å². The second-order valence-electron chi connectivity index (χ2n) is 13.7. The van der Waals surface area contributed by atoms with Gasteiger partial charge in [0.05, 0.1) is 19.5 Å². The molecule has 2 bridgehead atoms. The van der Waals surface area contributed by atoms with Crippen LogP contribution in [0.2, 0.25) is 0 Å². The van der Waals surface area contributed by atoms with E-state index < -0.39 is 21.0 Å². The van der Waals surface area contributed by atoms with E-state index in [9.17, 15) is 22.8 Å². The second kappa shape index (κ2) is 11.7. The van der Waals surface area contributed by atoms with Crippen molar-refractivity contribution in [2.45, 2.75) is 57.9 Å². The zero-order valence-electron chi connectivity index (χ0n) is 26.5. The molecule has 2 heterocycles. The van der Waals surface area contributed by atoms with Crippen LogP contribution in [0.5, 0.6) is 5.75 Å². The summed E-state index contributed by atoms with van der Waals surface area (Å²) in [6.45, 7) is 5.03. The second-order valence-corrected chi connectivity index (χ2v) is 15.6. The van der Waals surface area contributed by atoms with Crippen LogP contribution in [0.15, 0.2) is 54.6 Å². The van der Waals surface area contributed by atoms with Crippen LogP contribution < -0.4 is 15.0 Å². The van der Waals surface area contributed by atoms with Gasteiger partial charge in [-0.25, -0.2) is 12.7 Å². The first-order valence-corrected chi connectivity index (χ1v) is 17.6. The Balaban J connectivity index is 1.14. The summed E-state index contributed by atoms with van der Waals surface area (Å²) in [5.74, 6) is 0.519. The van der Waals surface area contributed by atoms with Gasteiger partial charge in [-0.3, -0.25) is 14.4 Å². The Hall–Kier alpha value is -3.44. The first-order valence-electron chi connectivity index (χ1n) is 16.0. The summed E-state index contributed by atoms with van der Waals surface area (Å²) in [7, 11) is -2.12. The largest absolute Gasteiger partial charge is 0.496 e. The Labute approximate surface area is 266 Å². The Morgan fingerprint density at radius 3 is 2.33 bits per heavy atom. The van der Waals surface area contributed by atoms with Crippen molar-refractivity contribution >= 4 is 33.3 Å². The summed E-state index contributed by atoms with van der Waals surface area (Å²) in [5, 5.41) is 2.94. The maximum Gasteiger partial charge on any atom is 0.250 e. The normalized spacial score (nSPS) is 25.7. The summed E-state index contributed by atoms with van der Waals surface area (Å²) in [6, 6.07) is 17.3. The Kier molecular flexibility index (Phi) is 8.22. The molecule has 45 heavy (non-hydrogen) atoms. The number of nitrogens with zero attached hydrogens (tertiary/aromatic N) is 3. The number of benzene rings is 2. The third-order valence-electron chi connectivity index (χ3n) is 11.3. The van der Waals surface area contributed by atoms with E-state index in [0.29, 0.717) is 38.6 Å². The van der Waals surface area contributed by atoms with E-state index in [1.807, 2.05) is 59.5 Å². The Morgan fingerprint density at radius 2 is 1.69 bits per heavy atom. The molecule has 2 aromatic carbocycles. The number of rotatable bonds is 10. The number of ether oxygens (including phenoxy) is 1. The number of hydrogen-bond acceptors (Lipinski definition) is 7. The molecule has 2 aliphatic carbocycles. The Bertz CT molecular complexity index is 1570. The fourth-order valence-electron chi connectivity index (χ4n) is 8.44. The average Bonchev–Trinajstić information content (AvgIpc) is 3.50. The van der Waals surface area contributed by atoms with Crippen molar-refractivity contribution in [2.24, 2.45) is 16.7 Å². The predicted molar refractivity (Wildman–Crippen MR) is 171 cm³/mol. The molecule has 2 aromatic rings. The topological polar surface area (TPSA) is 116 Å². The molecule has 2 saturated heterocycles. The van der Waals surface area contributed by atoms with Crippen molar-refractivity contribution < 1.29 is 27.5 Å². The number of piperidine rings is 1. The molecule has 1 N–H and O–H groups in total. The van der Waals surface area contributed by atoms with E-state index in [1.54, 1.807) is 12.0 Å². The molecule has 242 valence electrons. The number of methoxy groups -OCH3 is 1. The summed E-state index contributed by atoms with van der Waals surface area (Å²) in [5.41, 5.74) is -0.282. The maximum absolute atomic E-state index is 14.1. The van der Waals surface area contributed by atoms with Crippen LogP contribution in [-0.4, -0.2) is 86.5 Å². The number of carbonyl (C=O) groups is 3. The monoisotopic (exact) mass is 636 g/mol. The molecule has 1 spiro atoms. The van der Waals surface area contributed by atoms with E-state index in [1.165, 1.54) is 4.31 Å². The standard InChI is InChI=1S/C34H44N4O6S/c1-32(2)26-13-15-33(32,29(39)21-26)23-45(42,43)37-19-16-34(17-20-37)31(41)36(24-38(34)27-10-5-4-6-11-27)22-30(40)35-18-14-25-9-7-8-12-28(25)44-3/h4-12,26H,13-24H2,1-3H3,(H,35,40). The smallest absolute Gasteiger partial charge is 0.250 e. The summed E-state index contributed by atoms with van der Waals surface area (Å²) in [4.78, 5) is 43.8. The third kappa shape index (κ3) is 5.31. The van der Waals surface area contributed by atoms with Gasteiger partial charge in [0.15, 0.2) is 0 Å². The van der Waals surface area contributed by atoms with Gasteiger partial charge < -0.3 is 19.9 Å². The van der Waals surface area contributed by atoms with Gasteiger partial charge in [-0.2, -0.15) is 0 Å². The van der Waals surface area contributed by atoms with E-state index in [-0.39, 0.29) is 61.0 Å². The van der Waals surface area contributed by atoms with Gasteiger partial charge >= 0.3 is 0 Å². The molecule has 11 heteroatoms. The number of amides is 2. The quantitative estimate of drug-likeness (QED) is 0.426. The van der Waals surface area contributed by atoms with E-state index in [2.05, 4.69) is 19.2 Å². The highest BCUT2D eigenvalue weighted by Gasteiger charge is 2.66. The van der Waals surface area contributed by atoms with Crippen molar-refractivity contribution in [3.05, 3.63) is 60.2 Å². The summed E-state index contributed by atoms with van der Waals surface area (Å²) < 4.78 is 34.6. The molecule has 0 radical (unpaired) electrons. The molecule has 6 rings (SSSR count). The highest BCUT2D eigenvalue weighted by atomic mass is 32.2. The van der Waals surface area contributed by atoms with Crippen molar-refractivity contribution in [3.63, 3.8) is 0 Å². The first-order chi connectivity index (χ1) is 21.4. The van der Waals surface area contributed by atoms with Crippen molar-refractivity contribution in [3.8, 4) is 5.75 Å². The average molecular weight is 637 g/mol. The van der Waals surface area contributed by atoms with Crippen LogP contribution in [0.3, 0.4) is 0 Å². The molecule has 0 aromatic heterocycles. The molecule has 4 aliphatic rings. The predicted octanol–water partition coefficient (Wildman–Crippen LogP) is 3.22. The maximum atomic E-state index is 14.1. The fourth-order valence-corrected chi connectivity index (χ4v) is 10.7. The number of para-hydroxylation sites is 2. The molecular weight excluding hydrogens is 592 g/mol. The van der Waals surface area contributed by atoms with Crippen molar-refractivity contribution in [1.29, 1.82) is 0 Å². The van der Waals surface area contributed by atoms with Gasteiger partial charge in [0.1, 0.15) is 23.6 Å². The van der Waals surface area contributed by atoms with Crippen molar-refractivity contribution in [2.75, 3.05) is 50.6 Å². The number of carbonyl (C=O) groups excluding carboxylic acids is 3. The third-order valence-corrected chi connectivity index (χ3v) is 13.3. The van der Waals surface area contributed by atoms with Gasteiger partial charge in [0.25, 0.3) is 0 Å². The zero-order chi connectivity index (χ0) is 32.0. The number of hydrogen-bond donors (Lipinski definition) is 1. The minimum Gasteiger partial charge on any atom is -0.496 e. The number of Topliss-reactive ketones (excluding diaryl/α,β-unsaturated/α-hetero) is 1. The van der Waals surface area contributed by atoms with Crippen LogP contribution in [0.1, 0.15) is 51.5 Å². The molecule has 2 amide bonds. The molecule has 2 aliphatic heterocycles. The van der Waals surface area contributed by atoms with Crippen LogP contribution in [0, 0.1) is 16.7 Å². The van der Waals surface area contributed by atoms with E-state index in [4.69, 9.17) is 4.74 Å². The molecule has 2 unspecified atom stereocenters. The lowest BCUT2D eigenvalue weighted by atomic mass is 9.70. The molecule has 2 saturated carbocycles. The number of fused-ring (bicyclic) bond motifs is 2. The van der Waals surface area contributed by atoms with Gasteiger partial charge in [0.2, 0.25) is 21.8 Å². The number of sulfonamides is 1. The van der Waals surface area contributed by atoms with E-state index >= 15 is 0 Å². The van der Waals surface area contributed by atoms with Gasteiger partial charge in [-0.1, -0.05) is 50.2 Å². The molecule has 10 nitrogen and oxygen atoms in total. The highest BCUT2D eigenvalue weighted by Crippen LogP contribution is 2.64. The van der Waals surface area contributed by atoms with Crippen molar-refractivity contribution in [1.82, 2.24) is 14.5 Å². The lowest BCUT2D eigenvalue weighted by Crippen LogP contribution is -2.58. The lowest BCUT2D eigenvalue weighted by molar-refractivity contribution is -0.137. The summed E-state index contributed by atoms with van der Waals surface area (Å²) in [6.07, 6.45) is 3.19. The fraction of sp³-hybridized carbons (Fsp3) is 0.559. The minimum atomic E-state index is -3.74.